The van der Waals surface area contributed by atoms with E-state index in [2.05, 4.69) is 11.1 Å². The van der Waals surface area contributed by atoms with E-state index in [1.54, 1.807) is 0 Å². The van der Waals surface area contributed by atoms with Gasteiger partial charge in [-0.2, -0.15) is 0 Å². The highest BCUT2D eigenvalue weighted by atomic mass is 16.3. The predicted octanol–water partition coefficient (Wildman–Crippen LogP) is 2.66. The first-order chi connectivity index (χ1) is 7.31. The average molecular weight is 205 g/mol. The summed E-state index contributed by atoms with van der Waals surface area (Å²) in [6, 6.07) is 4.20. The number of fused-ring (bicyclic) bond motifs is 1. The molecule has 0 fully saturated rings. The molecule has 1 aliphatic rings. The van der Waals surface area contributed by atoms with Gasteiger partial charge in [-0.05, 0) is 43.7 Å². The zero-order chi connectivity index (χ0) is 10.7. The Balaban J connectivity index is 1.96. The van der Waals surface area contributed by atoms with Gasteiger partial charge in [0.1, 0.15) is 0 Å². The summed E-state index contributed by atoms with van der Waals surface area (Å²) in [6.07, 6.45) is 6.99. The van der Waals surface area contributed by atoms with Crippen LogP contribution in [0.15, 0.2) is 18.3 Å². The topological polar surface area (TPSA) is 33.1 Å². The minimum atomic E-state index is -0.127. The number of hydrogen-bond donors (Lipinski definition) is 1. The molecule has 0 amide bonds. The van der Waals surface area contributed by atoms with Crippen LogP contribution in [0.3, 0.4) is 0 Å². The van der Waals surface area contributed by atoms with Gasteiger partial charge in [0.25, 0.3) is 0 Å². The fourth-order valence-electron chi connectivity index (χ4n) is 2.38. The number of nitrogens with zero attached hydrogens (tertiary/aromatic N) is 1. The second-order valence-corrected chi connectivity index (χ2v) is 4.42. The van der Waals surface area contributed by atoms with Gasteiger partial charge in [0.15, 0.2) is 0 Å². The van der Waals surface area contributed by atoms with Gasteiger partial charge in [0.05, 0.1) is 6.10 Å². The first-order valence-corrected chi connectivity index (χ1v) is 5.93. The van der Waals surface area contributed by atoms with Crippen LogP contribution in [0.1, 0.15) is 49.8 Å². The Morgan fingerprint density at radius 2 is 2.47 bits per heavy atom. The van der Waals surface area contributed by atoms with Crippen LogP contribution in [0.5, 0.6) is 0 Å². The highest BCUT2D eigenvalue weighted by molar-refractivity contribution is 5.28. The molecule has 2 nitrogen and oxygen atoms in total. The van der Waals surface area contributed by atoms with E-state index in [9.17, 15) is 5.11 Å². The van der Waals surface area contributed by atoms with Crippen LogP contribution < -0.4 is 0 Å². The van der Waals surface area contributed by atoms with E-state index in [-0.39, 0.29) is 6.10 Å². The van der Waals surface area contributed by atoms with Crippen molar-refractivity contribution >= 4 is 0 Å². The summed E-state index contributed by atoms with van der Waals surface area (Å²) >= 11 is 0. The van der Waals surface area contributed by atoms with E-state index in [0.29, 0.717) is 5.92 Å². The number of aryl methyl sites for hydroxylation is 1. The van der Waals surface area contributed by atoms with Crippen molar-refractivity contribution in [2.24, 2.45) is 0 Å². The number of aliphatic hydroxyl groups excluding tert-OH is 1. The molecule has 1 N–H and O–H groups in total. The molecular weight excluding hydrogens is 186 g/mol. The third-order valence-electron chi connectivity index (χ3n) is 3.39. The Hall–Kier alpha value is -0.890. The summed E-state index contributed by atoms with van der Waals surface area (Å²) < 4.78 is 0. The maximum Gasteiger partial charge on any atom is 0.0537 e. The molecule has 82 valence electrons. The maximum absolute atomic E-state index is 9.55. The minimum absolute atomic E-state index is 0.127. The zero-order valence-electron chi connectivity index (χ0n) is 9.32. The van der Waals surface area contributed by atoms with E-state index in [1.807, 2.05) is 19.2 Å². The summed E-state index contributed by atoms with van der Waals surface area (Å²) in [4.78, 5) is 4.46. The lowest BCUT2D eigenvalue weighted by molar-refractivity contribution is 0.154. The Labute approximate surface area is 91.4 Å². The Morgan fingerprint density at radius 3 is 3.27 bits per heavy atom. The summed E-state index contributed by atoms with van der Waals surface area (Å²) in [5.41, 5.74) is 2.69. The van der Waals surface area contributed by atoms with Crippen LogP contribution in [-0.2, 0) is 6.42 Å². The lowest BCUT2D eigenvalue weighted by atomic mass is 9.98. The van der Waals surface area contributed by atoms with E-state index >= 15 is 0 Å². The van der Waals surface area contributed by atoms with Crippen molar-refractivity contribution in [1.82, 2.24) is 4.98 Å². The van der Waals surface area contributed by atoms with Gasteiger partial charge in [-0.15, -0.1) is 0 Å². The number of aromatic nitrogens is 1. The molecule has 0 aromatic carbocycles. The van der Waals surface area contributed by atoms with Gasteiger partial charge in [-0.1, -0.05) is 13.0 Å². The Morgan fingerprint density at radius 1 is 1.60 bits per heavy atom. The quantitative estimate of drug-likeness (QED) is 0.819. The van der Waals surface area contributed by atoms with Crippen LogP contribution in [0.4, 0.5) is 0 Å². The normalized spacial score (nSPS) is 21.3. The van der Waals surface area contributed by atoms with E-state index < -0.39 is 0 Å². The molecule has 1 aromatic rings. The van der Waals surface area contributed by atoms with Gasteiger partial charge in [-0.3, -0.25) is 4.98 Å². The van der Waals surface area contributed by atoms with Crippen molar-refractivity contribution in [2.45, 2.75) is 51.0 Å². The first kappa shape index (κ1) is 10.6. The van der Waals surface area contributed by atoms with Gasteiger partial charge < -0.3 is 5.11 Å². The molecule has 0 radical (unpaired) electrons. The van der Waals surface area contributed by atoms with Crippen LogP contribution >= 0.6 is 0 Å². The van der Waals surface area contributed by atoms with Crippen LogP contribution in [0.2, 0.25) is 0 Å². The van der Waals surface area contributed by atoms with Crippen molar-refractivity contribution in [1.29, 1.82) is 0 Å². The predicted molar refractivity (Wildman–Crippen MR) is 60.8 cm³/mol. The molecule has 2 heteroatoms. The zero-order valence-corrected chi connectivity index (χ0v) is 9.32. The molecule has 1 aromatic heterocycles. The van der Waals surface area contributed by atoms with Gasteiger partial charge >= 0.3 is 0 Å². The minimum Gasteiger partial charge on any atom is -0.393 e. The van der Waals surface area contributed by atoms with Gasteiger partial charge in [-0.25, -0.2) is 0 Å². The van der Waals surface area contributed by atoms with Crippen LogP contribution in [0, 0.1) is 0 Å². The van der Waals surface area contributed by atoms with E-state index in [1.165, 1.54) is 17.7 Å². The fraction of sp³-hybridized carbons (Fsp3) is 0.615. The highest BCUT2D eigenvalue weighted by Gasteiger charge is 2.23. The summed E-state index contributed by atoms with van der Waals surface area (Å²) in [5.74, 6) is 0.586. The molecule has 0 bridgehead atoms. The van der Waals surface area contributed by atoms with Crippen LogP contribution in [0.25, 0.3) is 0 Å². The monoisotopic (exact) mass is 205 g/mol. The number of pyridine rings is 1. The van der Waals surface area contributed by atoms with Crippen molar-refractivity contribution in [3.8, 4) is 0 Å². The Kier molecular flexibility index (Phi) is 3.37. The molecule has 1 heterocycles. The molecule has 0 spiro atoms. The lowest BCUT2D eigenvalue weighted by Gasteiger charge is -2.12. The number of rotatable bonds is 4. The number of hydrogen-bond acceptors (Lipinski definition) is 2. The molecule has 0 aliphatic heterocycles. The average Bonchev–Trinajstić information content (AvgIpc) is 2.69. The maximum atomic E-state index is 9.55. The van der Waals surface area contributed by atoms with Crippen molar-refractivity contribution < 1.29 is 5.11 Å². The summed E-state index contributed by atoms with van der Waals surface area (Å²) in [7, 11) is 0. The van der Waals surface area contributed by atoms with Crippen molar-refractivity contribution in [2.75, 3.05) is 0 Å². The van der Waals surface area contributed by atoms with Gasteiger partial charge in [0, 0.05) is 17.8 Å². The summed E-state index contributed by atoms with van der Waals surface area (Å²) in [5, 5.41) is 9.55. The molecule has 1 aliphatic carbocycles. The van der Waals surface area contributed by atoms with E-state index in [0.717, 1.165) is 25.7 Å². The SMILES string of the molecule is CCC(O)CCC1CCc2cccnc21. The molecule has 0 saturated carbocycles. The third kappa shape index (κ3) is 2.37. The standard InChI is InChI=1S/C13H19NO/c1-2-12(15)8-7-11-6-5-10-4-3-9-14-13(10)11/h3-4,9,11-12,15H,2,5-8H2,1H3. The molecule has 2 unspecified atom stereocenters. The second-order valence-electron chi connectivity index (χ2n) is 4.42. The molecule has 2 atom stereocenters. The first-order valence-electron chi connectivity index (χ1n) is 5.93. The third-order valence-corrected chi connectivity index (χ3v) is 3.39. The molecule has 2 rings (SSSR count). The Bertz CT molecular complexity index is 324. The van der Waals surface area contributed by atoms with Crippen LogP contribution in [-0.4, -0.2) is 16.2 Å². The fourth-order valence-corrected chi connectivity index (χ4v) is 2.38. The highest BCUT2D eigenvalue weighted by Crippen LogP contribution is 2.34. The van der Waals surface area contributed by atoms with Crippen molar-refractivity contribution in [3.63, 3.8) is 0 Å². The van der Waals surface area contributed by atoms with E-state index in [4.69, 9.17) is 0 Å². The van der Waals surface area contributed by atoms with Crippen molar-refractivity contribution in [3.05, 3.63) is 29.6 Å². The molecular formula is C13H19NO. The second kappa shape index (κ2) is 4.75. The lowest BCUT2D eigenvalue weighted by Crippen LogP contribution is -2.07. The number of aliphatic hydroxyl groups is 1. The largest absolute Gasteiger partial charge is 0.393 e. The summed E-state index contributed by atoms with van der Waals surface area (Å²) in [6.45, 7) is 2.03. The molecule has 0 saturated heterocycles. The molecule has 15 heavy (non-hydrogen) atoms. The van der Waals surface area contributed by atoms with Gasteiger partial charge in [0.2, 0.25) is 0 Å². The smallest absolute Gasteiger partial charge is 0.0537 e.